The molecule has 0 spiro atoms. The molecule has 1 N–H and O–H groups in total. The minimum atomic E-state index is -0.384. The van der Waals surface area contributed by atoms with Crippen LogP contribution in [0.3, 0.4) is 0 Å². The fourth-order valence-electron chi connectivity index (χ4n) is 2.17. The number of phenolic OH excluding ortho intramolecular Hbond substituents is 1. The number of hydrogen-bond acceptors (Lipinski definition) is 4. The van der Waals surface area contributed by atoms with Crippen LogP contribution in [0.2, 0.25) is 0 Å². The highest BCUT2D eigenvalue weighted by atomic mass is 16.5. The van der Waals surface area contributed by atoms with E-state index < -0.39 is 0 Å². The smallest absolute Gasteiger partial charge is 0.238 e. The first-order valence-electron chi connectivity index (χ1n) is 6.10. The first-order chi connectivity index (χ1) is 9.72. The van der Waals surface area contributed by atoms with E-state index in [4.69, 9.17) is 9.15 Å². The predicted octanol–water partition coefficient (Wildman–Crippen LogP) is 3.17. The van der Waals surface area contributed by atoms with Crippen LogP contribution in [-0.2, 0) is 0 Å². The number of fused-ring (bicyclic) bond motifs is 1. The van der Waals surface area contributed by atoms with Crippen molar-refractivity contribution in [1.82, 2.24) is 0 Å². The molecule has 0 atom stereocenters. The molecule has 0 aliphatic carbocycles. The maximum absolute atomic E-state index is 12.4. The molecule has 0 unspecified atom stereocenters. The summed E-state index contributed by atoms with van der Waals surface area (Å²) in [7, 11) is 1.41. The van der Waals surface area contributed by atoms with E-state index in [2.05, 4.69) is 0 Å². The molecule has 0 amide bonds. The molecule has 4 heteroatoms. The van der Waals surface area contributed by atoms with Crippen molar-refractivity contribution in [3.05, 3.63) is 58.8 Å². The van der Waals surface area contributed by atoms with E-state index in [1.54, 1.807) is 12.1 Å². The summed E-state index contributed by atoms with van der Waals surface area (Å²) in [5.74, 6) is 0.329. The van der Waals surface area contributed by atoms with E-state index in [0.29, 0.717) is 11.3 Å². The maximum atomic E-state index is 12.4. The number of hydrogen-bond donors (Lipinski definition) is 1. The summed E-state index contributed by atoms with van der Waals surface area (Å²) in [6.07, 6.45) is 0. The molecule has 3 aromatic rings. The lowest BCUT2D eigenvalue weighted by Gasteiger charge is -2.09. The molecule has 1 aromatic heterocycles. The Morgan fingerprint density at radius 1 is 1.05 bits per heavy atom. The largest absolute Gasteiger partial charge is 0.507 e. The van der Waals surface area contributed by atoms with Gasteiger partial charge in [0.1, 0.15) is 16.7 Å². The minimum absolute atomic E-state index is 0.0881. The van der Waals surface area contributed by atoms with Gasteiger partial charge in [0.05, 0.1) is 7.11 Å². The quantitative estimate of drug-likeness (QED) is 0.775. The second-order valence-electron chi connectivity index (χ2n) is 4.31. The third kappa shape index (κ3) is 1.82. The highest BCUT2D eigenvalue weighted by Gasteiger charge is 2.18. The van der Waals surface area contributed by atoms with Gasteiger partial charge in [-0.15, -0.1) is 0 Å². The lowest BCUT2D eigenvalue weighted by molar-refractivity contribution is 0.398. The number of benzene rings is 2. The van der Waals surface area contributed by atoms with Crippen molar-refractivity contribution in [3.8, 4) is 22.8 Å². The van der Waals surface area contributed by atoms with Crippen LogP contribution in [0.4, 0.5) is 0 Å². The zero-order chi connectivity index (χ0) is 14.1. The van der Waals surface area contributed by atoms with Crippen molar-refractivity contribution in [2.75, 3.05) is 7.11 Å². The van der Waals surface area contributed by atoms with E-state index >= 15 is 0 Å². The second kappa shape index (κ2) is 4.74. The summed E-state index contributed by atoms with van der Waals surface area (Å²) in [4.78, 5) is 12.4. The molecule has 20 heavy (non-hydrogen) atoms. The van der Waals surface area contributed by atoms with Crippen LogP contribution in [0.1, 0.15) is 0 Å². The monoisotopic (exact) mass is 268 g/mol. The number of phenols is 1. The van der Waals surface area contributed by atoms with Crippen molar-refractivity contribution < 1.29 is 14.3 Å². The second-order valence-corrected chi connectivity index (χ2v) is 4.31. The maximum Gasteiger partial charge on any atom is 0.238 e. The van der Waals surface area contributed by atoms with Crippen molar-refractivity contribution in [3.63, 3.8) is 0 Å². The molecule has 2 aromatic carbocycles. The lowest BCUT2D eigenvalue weighted by Crippen LogP contribution is -2.07. The van der Waals surface area contributed by atoms with Gasteiger partial charge in [0, 0.05) is 5.56 Å². The van der Waals surface area contributed by atoms with Gasteiger partial charge < -0.3 is 14.3 Å². The van der Waals surface area contributed by atoms with Gasteiger partial charge >= 0.3 is 0 Å². The number of ether oxygens (including phenoxy) is 1. The van der Waals surface area contributed by atoms with Gasteiger partial charge in [-0.2, -0.15) is 0 Å². The number of rotatable bonds is 2. The van der Waals surface area contributed by atoms with Crippen molar-refractivity contribution in [1.29, 1.82) is 0 Å². The van der Waals surface area contributed by atoms with Crippen LogP contribution in [0.25, 0.3) is 22.3 Å². The van der Waals surface area contributed by atoms with Crippen molar-refractivity contribution in [2.45, 2.75) is 0 Å². The molecular weight excluding hydrogens is 256 g/mol. The highest BCUT2D eigenvalue weighted by molar-refractivity contribution is 5.86. The molecule has 100 valence electrons. The summed E-state index contributed by atoms with van der Waals surface area (Å²) >= 11 is 0. The van der Waals surface area contributed by atoms with Crippen LogP contribution < -0.4 is 10.2 Å². The number of aromatic hydroxyl groups is 1. The zero-order valence-electron chi connectivity index (χ0n) is 10.8. The third-order valence-electron chi connectivity index (χ3n) is 3.10. The Balaban J connectivity index is 2.42. The Bertz CT molecular complexity index is 819. The molecule has 0 saturated carbocycles. The van der Waals surface area contributed by atoms with Crippen LogP contribution in [0.15, 0.2) is 57.7 Å². The summed E-state index contributed by atoms with van der Waals surface area (Å²) in [5, 5.41) is 9.95. The summed E-state index contributed by atoms with van der Waals surface area (Å²) < 4.78 is 10.9. The normalized spacial score (nSPS) is 10.7. The zero-order valence-corrected chi connectivity index (χ0v) is 10.8. The van der Waals surface area contributed by atoms with Crippen LogP contribution in [-0.4, -0.2) is 12.2 Å². The summed E-state index contributed by atoms with van der Waals surface area (Å²) in [6, 6.07) is 13.9. The van der Waals surface area contributed by atoms with E-state index in [1.807, 2.05) is 30.3 Å². The van der Waals surface area contributed by atoms with Gasteiger partial charge in [0.15, 0.2) is 5.76 Å². The first kappa shape index (κ1) is 12.3. The SMILES string of the molecule is COc1c(-c2ccccc2)oc2cccc(O)c2c1=O. The van der Waals surface area contributed by atoms with Gasteiger partial charge in [-0.3, -0.25) is 4.79 Å². The topological polar surface area (TPSA) is 59.7 Å². The van der Waals surface area contributed by atoms with Crippen molar-refractivity contribution in [2.24, 2.45) is 0 Å². The molecule has 0 aliphatic heterocycles. The van der Waals surface area contributed by atoms with Crippen LogP contribution in [0.5, 0.6) is 11.5 Å². The van der Waals surface area contributed by atoms with E-state index in [-0.39, 0.29) is 22.3 Å². The standard InChI is InChI=1S/C16H12O4/c1-19-16-14(18)13-11(17)8-5-9-12(13)20-15(16)10-6-3-2-4-7-10/h2-9,17H,1H3. The first-order valence-corrected chi connectivity index (χ1v) is 6.10. The Kier molecular flexibility index (Phi) is 2.91. The number of methoxy groups -OCH3 is 1. The Morgan fingerprint density at radius 2 is 1.80 bits per heavy atom. The lowest BCUT2D eigenvalue weighted by atomic mass is 10.1. The molecule has 0 aliphatic rings. The average Bonchev–Trinajstić information content (AvgIpc) is 2.48. The highest BCUT2D eigenvalue weighted by Crippen LogP contribution is 2.32. The molecule has 1 heterocycles. The Hall–Kier alpha value is -2.75. The molecule has 0 fully saturated rings. The molecular formula is C16H12O4. The van der Waals surface area contributed by atoms with Gasteiger partial charge in [-0.25, -0.2) is 0 Å². The van der Waals surface area contributed by atoms with Gasteiger partial charge in [0.2, 0.25) is 11.2 Å². The van der Waals surface area contributed by atoms with Crippen LogP contribution >= 0.6 is 0 Å². The average molecular weight is 268 g/mol. The molecule has 0 radical (unpaired) electrons. The van der Waals surface area contributed by atoms with E-state index in [1.165, 1.54) is 13.2 Å². The predicted molar refractivity (Wildman–Crippen MR) is 76.1 cm³/mol. The molecule has 0 saturated heterocycles. The van der Waals surface area contributed by atoms with Crippen molar-refractivity contribution >= 4 is 11.0 Å². The Labute approximate surface area is 114 Å². The summed E-state index contributed by atoms with van der Waals surface area (Å²) in [6.45, 7) is 0. The van der Waals surface area contributed by atoms with Gasteiger partial charge in [-0.05, 0) is 12.1 Å². The Morgan fingerprint density at radius 3 is 2.50 bits per heavy atom. The minimum Gasteiger partial charge on any atom is -0.507 e. The fourth-order valence-corrected chi connectivity index (χ4v) is 2.17. The van der Waals surface area contributed by atoms with E-state index in [0.717, 1.165) is 5.56 Å². The van der Waals surface area contributed by atoms with E-state index in [9.17, 15) is 9.90 Å². The fraction of sp³-hybridized carbons (Fsp3) is 0.0625. The van der Waals surface area contributed by atoms with Crippen LogP contribution in [0, 0.1) is 0 Å². The summed E-state index contributed by atoms with van der Waals surface area (Å²) in [5.41, 5.74) is 0.687. The van der Waals surface area contributed by atoms with Gasteiger partial charge in [0.25, 0.3) is 0 Å². The molecule has 4 nitrogen and oxygen atoms in total. The molecule has 0 bridgehead atoms. The molecule has 3 rings (SSSR count). The van der Waals surface area contributed by atoms with Gasteiger partial charge in [-0.1, -0.05) is 36.4 Å². The third-order valence-corrected chi connectivity index (χ3v) is 3.10.